The van der Waals surface area contributed by atoms with Gasteiger partial charge in [-0.05, 0) is 37.5 Å². The molecule has 24 heavy (non-hydrogen) atoms. The molecule has 2 atom stereocenters. The average Bonchev–Trinajstić information content (AvgIpc) is 3.00. The van der Waals surface area contributed by atoms with Crippen molar-refractivity contribution in [3.8, 4) is 0 Å². The molecule has 0 bridgehead atoms. The third kappa shape index (κ3) is 4.32. The molecule has 7 nitrogen and oxygen atoms in total. The maximum Gasteiger partial charge on any atom is 0.332 e. The largest absolute Gasteiger partial charge is 0.479 e. The lowest BCUT2D eigenvalue weighted by atomic mass is 10.1. The van der Waals surface area contributed by atoms with Crippen molar-refractivity contribution in [1.29, 1.82) is 0 Å². The third-order valence-electron chi connectivity index (χ3n) is 3.87. The summed E-state index contributed by atoms with van der Waals surface area (Å²) in [5.41, 5.74) is 1.98. The summed E-state index contributed by atoms with van der Waals surface area (Å²) in [6.07, 6.45) is -1.03. The van der Waals surface area contributed by atoms with Crippen molar-refractivity contribution in [3.05, 3.63) is 23.8 Å². The number of amides is 2. The van der Waals surface area contributed by atoms with Crippen LogP contribution in [-0.2, 0) is 19.1 Å². The molecule has 130 valence electrons. The van der Waals surface area contributed by atoms with Gasteiger partial charge in [0, 0.05) is 17.3 Å². The minimum absolute atomic E-state index is 0.112. The molecule has 1 aromatic carbocycles. The number of hydrogen-bond acceptors (Lipinski definition) is 4. The molecule has 7 heteroatoms. The summed E-state index contributed by atoms with van der Waals surface area (Å²) in [6.45, 7) is 5.42. The average molecular weight is 334 g/mol. The quantitative estimate of drug-likeness (QED) is 0.765. The topological polar surface area (TPSA) is 105 Å². The molecular formula is C17H22N2O5. The van der Waals surface area contributed by atoms with Crippen LogP contribution in [0.4, 0.5) is 11.4 Å². The first-order valence-electron chi connectivity index (χ1n) is 7.88. The number of ether oxygens (including phenoxy) is 1. The first kappa shape index (κ1) is 17.9. The van der Waals surface area contributed by atoms with Crippen LogP contribution in [0.2, 0.25) is 0 Å². The van der Waals surface area contributed by atoms with Gasteiger partial charge in [0.2, 0.25) is 5.91 Å². The van der Waals surface area contributed by atoms with Gasteiger partial charge in [0.1, 0.15) is 6.10 Å². The number of benzene rings is 1. The van der Waals surface area contributed by atoms with Gasteiger partial charge in [0.15, 0.2) is 6.10 Å². The van der Waals surface area contributed by atoms with Gasteiger partial charge in [-0.1, -0.05) is 19.9 Å². The first-order chi connectivity index (χ1) is 11.3. The van der Waals surface area contributed by atoms with Gasteiger partial charge in [0.05, 0.1) is 0 Å². The van der Waals surface area contributed by atoms with Gasteiger partial charge in [-0.25, -0.2) is 4.79 Å². The zero-order valence-electron chi connectivity index (χ0n) is 14.0. The van der Waals surface area contributed by atoms with Crippen molar-refractivity contribution in [2.75, 3.05) is 10.6 Å². The predicted molar refractivity (Wildman–Crippen MR) is 88.8 cm³/mol. The van der Waals surface area contributed by atoms with E-state index in [-0.39, 0.29) is 17.7 Å². The number of carboxylic acid groups (broad SMARTS) is 1. The Hall–Kier alpha value is -2.41. The standard InChI is InChI=1S/C17H22N2O5/c1-9(2)15(20)18-11-5-4-10(3)12(8-11)19-16(21)13-6-7-14(24-13)17(22)23/h4-5,8-9,13-14H,6-7H2,1-3H3,(H,18,20)(H,19,21)(H,22,23)/t13-,14+/m0/s1. The Morgan fingerprint density at radius 3 is 2.42 bits per heavy atom. The number of rotatable bonds is 5. The second-order valence-corrected chi connectivity index (χ2v) is 6.19. The van der Waals surface area contributed by atoms with E-state index in [9.17, 15) is 14.4 Å². The van der Waals surface area contributed by atoms with Crippen LogP contribution in [0.5, 0.6) is 0 Å². The summed E-state index contributed by atoms with van der Waals surface area (Å²) in [5.74, 6) is -1.70. The summed E-state index contributed by atoms with van der Waals surface area (Å²) in [4.78, 5) is 34.9. The maximum absolute atomic E-state index is 12.3. The predicted octanol–water partition coefficient (Wildman–Crippen LogP) is 2.16. The molecule has 2 rings (SSSR count). The molecule has 2 amide bonds. The Kier molecular flexibility index (Phi) is 5.56. The van der Waals surface area contributed by atoms with E-state index in [0.29, 0.717) is 24.2 Å². The van der Waals surface area contributed by atoms with Gasteiger partial charge < -0.3 is 20.5 Å². The van der Waals surface area contributed by atoms with E-state index < -0.39 is 18.2 Å². The molecule has 1 aromatic rings. The normalized spacial score (nSPS) is 20.0. The molecule has 1 aliphatic heterocycles. The zero-order valence-corrected chi connectivity index (χ0v) is 14.0. The Balaban J connectivity index is 2.05. The highest BCUT2D eigenvalue weighted by atomic mass is 16.5. The fourth-order valence-electron chi connectivity index (χ4n) is 2.35. The van der Waals surface area contributed by atoms with E-state index in [0.717, 1.165) is 5.56 Å². The smallest absolute Gasteiger partial charge is 0.332 e. The monoisotopic (exact) mass is 334 g/mol. The van der Waals surface area contributed by atoms with Crippen LogP contribution in [0.25, 0.3) is 0 Å². The second-order valence-electron chi connectivity index (χ2n) is 6.19. The number of aryl methyl sites for hydroxylation is 1. The molecule has 0 aromatic heterocycles. The van der Waals surface area contributed by atoms with E-state index in [2.05, 4.69) is 10.6 Å². The molecular weight excluding hydrogens is 312 g/mol. The van der Waals surface area contributed by atoms with Gasteiger partial charge >= 0.3 is 5.97 Å². The summed E-state index contributed by atoms with van der Waals surface area (Å²) < 4.78 is 5.24. The Bertz CT molecular complexity index is 656. The molecule has 0 aliphatic carbocycles. The molecule has 1 fully saturated rings. The molecule has 1 saturated heterocycles. The highest BCUT2D eigenvalue weighted by Crippen LogP contribution is 2.24. The Morgan fingerprint density at radius 2 is 1.83 bits per heavy atom. The van der Waals surface area contributed by atoms with Gasteiger partial charge in [-0.3, -0.25) is 9.59 Å². The molecule has 3 N–H and O–H groups in total. The van der Waals surface area contributed by atoms with Crippen LogP contribution >= 0.6 is 0 Å². The first-order valence-corrected chi connectivity index (χ1v) is 7.88. The highest BCUT2D eigenvalue weighted by Gasteiger charge is 2.34. The van der Waals surface area contributed by atoms with Gasteiger partial charge in [0.25, 0.3) is 5.91 Å². The number of aliphatic carboxylic acids is 1. The lowest BCUT2D eigenvalue weighted by molar-refractivity contribution is -0.150. The lowest BCUT2D eigenvalue weighted by Crippen LogP contribution is -2.30. The van der Waals surface area contributed by atoms with Crippen LogP contribution in [-0.4, -0.2) is 35.1 Å². The lowest BCUT2D eigenvalue weighted by Gasteiger charge is -2.15. The van der Waals surface area contributed by atoms with Crippen molar-refractivity contribution in [2.24, 2.45) is 5.92 Å². The number of carbonyl (C=O) groups is 3. The summed E-state index contributed by atoms with van der Waals surface area (Å²) in [6, 6.07) is 5.23. The Morgan fingerprint density at radius 1 is 1.17 bits per heavy atom. The van der Waals surface area contributed by atoms with Crippen molar-refractivity contribution >= 4 is 29.2 Å². The van der Waals surface area contributed by atoms with Crippen LogP contribution in [0.15, 0.2) is 18.2 Å². The van der Waals surface area contributed by atoms with E-state index in [1.165, 1.54) is 0 Å². The fraction of sp³-hybridized carbons (Fsp3) is 0.471. The zero-order chi connectivity index (χ0) is 17.9. The number of nitrogens with one attached hydrogen (secondary N) is 2. The minimum atomic E-state index is -1.06. The molecule has 1 aliphatic rings. The Labute approximate surface area is 140 Å². The second kappa shape index (κ2) is 7.44. The van der Waals surface area contributed by atoms with Crippen molar-refractivity contribution < 1.29 is 24.2 Å². The van der Waals surface area contributed by atoms with Crippen LogP contribution in [0.1, 0.15) is 32.3 Å². The van der Waals surface area contributed by atoms with Crippen LogP contribution in [0.3, 0.4) is 0 Å². The molecule has 0 radical (unpaired) electrons. The van der Waals surface area contributed by atoms with Crippen molar-refractivity contribution in [2.45, 2.75) is 45.8 Å². The maximum atomic E-state index is 12.3. The highest BCUT2D eigenvalue weighted by molar-refractivity contribution is 5.97. The third-order valence-corrected chi connectivity index (χ3v) is 3.87. The number of anilines is 2. The minimum Gasteiger partial charge on any atom is -0.479 e. The van der Waals surface area contributed by atoms with Crippen molar-refractivity contribution in [3.63, 3.8) is 0 Å². The van der Waals surface area contributed by atoms with E-state index >= 15 is 0 Å². The van der Waals surface area contributed by atoms with Crippen LogP contribution < -0.4 is 10.6 Å². The molecule has 0 spiro atoms. The van der Waals surface area contributed by atoms with E-state index in [1.807, 2.05) is 6.92 Å². The van der Waals surface area contributed by atoms with Crippen LogP contribution in [0, 0.1) is 12.8 Å². The molecule has 1 heterocycles. The fourth-order valence-corrected chi connectivity index (χ4v) is 2.35. The number of carboxylic acids is 1. The number of carbonyl (C=O) groups excluding carboxylic acids is 2. The summed E-state index contributed by atoms with van der Waals surface area (Å²) in [5, 5.41) is 14.4. The summed E-state index contributed by atoms with van der Waals surface area (Å²) >= 11 is 0. The van der Waals surface area contributed by atoms with Gasteiger partial charge in [-0.2, -0.15) is 0 Å². The van der Waals surface area contributed by atoms with E-state index in [1.54, 1.807) is 32.0 Å². The van der Waals surface area contributed by atoms with Gasteiger partial charge in [-0.15, -0.1) is 0 Å². The molecule has 0 saturated carbocycles. The number of hydrogen-bond donors (Lipinski definition) is 3. The molecule has 0 unspecified atom stereocenters. The SMILES string of the molecule is Cc1ccc(NC(=O)C(C)C)cc1NC(=O)[C@@H]1CC[C@H](C(=O)O)O1. The van der Waals surface area contributed by atoms with Crippen molar-refractivity contribution in [1.82, 2.24) is 0 Å². The van der Waals surface area contributed by atoms with E-state index in [4.69, 9.17) is 9.84 Å². The summed E-state index contributed by atoms with van der Waals surface area (Å²) in [7, 11) is 0.